The molecule has 0 radical (unpaired) electrons. The van der Waals surface area contributed by atoms with E-state index in [0.717, 1.165) is 41.8 Å². The molecule has 3 aromatic rings. The number of nitrogens with zero attached hydrogens (tertiary/aromatic N) is 3. The van der Waals surface area contributed by atoms with Gasteiger partial charge in [0.25, 0.3) is 15.9 Å². The van der Waals surface area contributed by atoms with Gasteiger partial charge in [-0.1, -0.05) is 61.8 Å². The number of nitrogens with one attached hydrogen (secondary N) is 1. The number of aliphatic imine (C=N–C) groups is 1. The van der Waals surface area contributed by atoms with E-state index in [1.807, 2.05) is 43.0 Å². The summed E-state index contributed by atoms with van der Waals surface area (Å²) in [5.74, 6) is 1.51. The minimum Gasteiger partial charge on any atom is -0.385 e. The number of carbonyl (C=O) groups excluding carboxylic acids is 1. The number of hydrogen-bond donors (Lipinski definition) is 1. The van der Waals surface area contributed by atoms with Gasteiger partial charge < -0.3 is 14.0 Å². The number of unbranched alkanes of at least 4 members (excludes halogenated alkanes) is 1. The molecule has 0 aliphatic carbocycles. The second kappa shape index (κ2) is 14.5. The SMILES string of the molecule is CCCCC1=N[C@](CC)(CCOC)C(=O)N1Cc1ccc(-c2ccccc2S(=O)(=O)Nc2noc(C)c2C)c(COCC)c1. The lowest BCUT2D eigenvalue weighted by Crippen LogP contribution is -2.42. The minimum atomic E-state index is -4.01. The molecule has 44 heavy (non-hydrogen) atoms. The number of rotatable bonds is 16. The summed E-state index contributed by atoms with van der Waals surface area (Å²) >= 11 is 0. The lowest BCUT2D eigenvalue weighted by atomic mass is 9.92. The zero-order chi connectivity index (χ0) is 31.9. The molecule has 0 saturated heterocycles. The van der Waals surface area contributed by atoms with Gasteiger partial charge in [0.1, 0.15) is 17.1 Å². The topological polar surface area (TPSA) is 123 Å². The monoisotopic (exact) mass is 624 g/mol. The Morgan fingerprint density at radius 3 is 2.50 bits per heavy atom. The molecule has 238 valence electrons. The van der Waals surface area contributed by atoms with Gasteiger partial charge in [-0.05, 0) is 56.4 Å². The summed E-state index contributed by atoms with van der Waals surface area (Å²) < 4.78 is 46.1. The fourth-order valence-electron chi connectivity index (χ4n) is 5.39. The highest BCUT2D eigenvalue weighted by Crippen LogP contribution is 2.35. The van der Waals surface area contributed by atoms with Crippen LogP contribution in [0.5, 0.6) is 0 Å². The van der Waals surface area contributed by atoms with Gasteiger partial charge in [0.2, 0.25) is 0 Å². The van der Waals surface area contributed by atoms with Crippen LogP contribution in [0.4, 0.5) is 5.82 Å². The fraction of sp³-hybridized carbons (Fsp3) is 0.485. The Morgan fingerprint density at radius 2 is 1.84 bits per heavy atom. The molecule has 2 heterocycles. The summed E-state index contributed by atoms with van der Waals surface area (Å²) in [6, 6.07) is 12.7. The summed E-state index contributed by atoms with van der Waals surface area (Å²) in [5, 5.41) is 3.88. The molecule has 0 fully saturated rings. The largest absolute Gasteiger partial charge is 0.385 e. The molecule has 4 rings (SSSR count). The molecular formula is C33H44N4O6S. The van der Waals surface area contributed by atoms with Gasteiger partial charge in [0.05, 0.1) is 18.0 Å². The van der Waals surface area contributed by atoms with Crippen LogP contribution in [0.15, 0.2) is 56.9 Å². The number of anilines is 1. The van der Waals surface area contributed by atoms with Crippen molar-refractivity contribution < 1.29 is 27.2 Å². The number of benzene rings is 2. The average Bonchev–Trinajstić information content (AvgIpc) is 3.47. The third kappa shape index (κ3) is 7.06. The van der Waals surface area contributed by atoms with Crippen LogP contribution in [0.1, 0.15) is 75.3 Å². The normalized spacial score (nSPS) is 16.9. The molecule has 0 spiro atoms. The number of ether oxygens (including phenoxy) is 2. The highest BCUT2D eigenvalue weighted by atomic mass is 32.2. The standard InChI is InChI=1S/C33H44N4O6S/c1-7-10-15-30-34-33(8-2,18-19-41-6)32(38)37(30)21-25-16-17-27(26(20-25)22-42-9-3)28-13-11-12-14-29(28)44(39,40)36-31-23(4)24(5)43-35-31/h11-14,16-17,20H,7-10,15,18-19,21-22H2,1-6H3,(H,35,36)/t33-/m1/s1. The molecule has 10 nitrogen and oxygen atoms in total. The van der Waals surface area contributed by atoms with Crippen molar-refractivity contribution in [2.75, 3.05) is 25.0 Å². The van der Waals surface area contributed by atoms with E-state index in [9.17, 15) is 13.2 Å². The van der Waals surface area contributed by atoms with E-state index >= 15 is 0 Å². The summed E-state index contributed by atoms with van der Waals surface area (Å²) in [4.78, 5) is 20.8. The van der Waals surface area contributed by atoms with E-state index in [0.29, 0.717) is 49.5 Å². The van der Waals surface area contributed by atoms with Crippen LogP contribution in [-0.4, -0.2) is 56.1 Å². The molecule has 1 N–H and O–H groups in total. The molecule has 0 unspecified atom stereocenters. The molecular weight excluding hydrogens is 580 g/mol. The number of amides is 1. The molecule has 2 aromatic carbocycles. The number of aryl methyl sites for hydroxylation is 1. The van der Waals surface area contributed by atoms with Crippen LogP contribution < -0.4 is 4.72 Å². The number of amidine groups is 1. The first-order valence-corrected chi connectivity index (χ1v) is 16.7. The van der Waals surface area contributed by atoms with Crippen molar-refractivity contribution >= 4 is 27.6 Å². The molecule has 0 bridgehead atoms. The quantitative estimate of drug-likeness (QED) is 0.195. The van der Waals surface area contributed by atoms with Crippen LogP contribution >= 0.6 is 0 Å². The van der Waals surface area contributed by atoms with Gasteiger partial charge in [0.15, 0.2) is 5.82 Å². The predicted molar refractivity (Wildman–Crippen MR) is 171 cm³/mol. The smallest absolute Gasteiger partial charge is 0.263 e. The van der Waals surface area contributed by atoms with E-state index < -0.39 is 15.6 Å². The van der Waals surface area contributed by atoms with E-state index in [1.54, 1.807) is 39.2 Å². The van der Waals surface area contributed by atoms with Crippen LogP contribution in [0.2, 0.25) is 0 Å². The third-order valence-corrected chi connectivity index (χ3v) is 9.58. The van der Waals surface area contributed by atoms with Gasteiger partial charge in [-0.2, -0.15) is 0 Å². The Labute approximate surface area is 260 Å². The van der Waals surface area contributed by atoms with Crippen molar-refractivity contribution in [1.29, 1.82) is 0 Å². The number of carbonyl (C=O) groups is 1. The number of sulfonamides is 1. The maximum Gasteiger partial charge on any atom is 0.263 e. The Balaban J connectivity index is 1.71. The second-order valence-corrected chi connectivity index (χ2v) is 12.7. The third-order valence-electron chi connectivity index (χ3n) is 8.18. The zero-order valence-corrected chi connectivity index (χ0v) is 27.4. The summed E-state index contributed by atoms with van der Waals surface area (Å²) in [6.07, 6.45) is 3.80. The highest BCUT2D eigenvalue weighted by Gasteiger charge is 2.46. The minimum absolute atomic E-state index is 0.000475. The first-order chi connectivity index (χ1) is 21.1. The Bertz CT molecular complexity index is 1600. The van der Waals surface area contributed by atoms with Crippen molar-refractivity contribution in [1.82, 2.24) is 10.1 Å². The summed E-state index contributed by atoms with van der Waals surface area (Å²) in [7, 11) is -2.37. The van der Waals surface area contributed by atoms with Crippen LogP contribution in [0.3, 0.4) is 0 Å². The zero-order valence-electron chi connectivity index (χ0n) is 26.6. The maximum atomic E-state index is 13.9. The number of hydrogen-bond acceptors (Lipinski definition) is 8. The van der Waals surface area contributed by atoms with Crippen LogP contribution in [0.25, 0.3) is 11.1 Å². The summed E-state index contributed by atoms with van der Waals surface area (Å²) in [5.41, 5.74) is 2.80. The van der Waals surface area contributed by atoms with Crippen molar-refractivity contribution in [3.8, 4) is 11.1 Å². The van der Waals surface area contributed by atoms with E-state index in [1.165, 1.54) is 0 Å². The lowest BCUT2D eigenvalue weighted by Gasteiger charge is -2.25. The Kier molecular flexibility index (Phi) is 11.0. The fourth-order valence-corrected chi connectivity index (χ4v) is 6.67. The van der Waals surface area contributed by atoms with Crippen LogP contribution in [-0.2, 0) is 37.4 Å². The molecule has 1 amide bonds. The van der Waals surface area contributed by atoms with Crippen LogP contribution in [0, 0.1) is 13.8 Å². The van der Waals surface area contributed by atoms with E-state index in [-0.39, 0.29) is 23.2 Å². The van der Waals surface area contributed by atoms with Crippen molar-refractivity contribution in [3.63, 3.8) is 0 Å². The molecule has 1 atom stereocenters. The highest BCUT2D eigenvalue weighted by molar-refractivity contribution is 7.92. The van der Waals surface area contributed by atoms with Crippen molar-refractivity contribution in [2.45, 2.75) is 90.3 Å². The molecule has 1 aliphatic rings. The summed E-state index contributed by atoms with van der Waals surface area (Å²) in [6.45, 7) is 11.1. The Morgan fingerprint density at radius 1 is 1.07 bits per heavy atom. The average molecular weight is 625 g/mol. The molecule has 1 aliphatic heterocycles. The van der Waals surface area contributed by atoms with Crippen molar-refractivity contribution in [3.05, 3.63) is 64.9 Å². The van der Waals surface area contributed by atoms with Gasteiger partial charge >= 0.3 is 0 Å². The second-order valence-electron chi connectivity index (χ2n) is 11.1. The number of methoxy groups -OCH3 is 1. The van der Waals surface area contributed by atoms with Gasteiger partial charge in [-0.25, -0.2) is 8.42 Å². The van der Waals surface area contributed by atoms with Crippen molar-refractivity contribution in [2.24, 2.45) is 4.99 Å². The van der Waals surface area contributed by atoms with Gasteiger partial charge in [-0.15, -0.1) is 0 Å². The number of aromatic nitrogens is 1. The Hall–Kier alpha value is -3.54. The maximum absolute atomic E-state index is 13.9. The van der Waals surface area contributed by atoms with Gasteiger partial charge in [0, 0.05) is 44.3 Å². The predicted octanol–water partition coefficient (Wildman–Crippen LogP) is 6.41. The molecule has 1 aromatic heterocycles. The van der Waals surface area contributed by atoms with Gasteiger partial charge in [-0.3, -0.25) is 19.4 Å². The van der Waals surface area contributed by atoms with E-state index in [2.05, 4.69) is 16.8 Å². The lowest BCUT2D eigenvalue weighted by molar-refractivity contribution is -0.132. The first kappa shape index (κ1) is 33.4. The first-order valence-electron chi connectivity index (χ1n) is 15.2. The molecule has 11 heteroatoms. The molecule has 0 saturated carbocycles. The van der Waals surface area contributed by atoms with E-state index in [4.69, 9.17) is 19.0 Å².